The highest BCUT2D eigenvalue weighted by Gasteiger charge is 2.49. The van der Waals surface area contributed by atoms with Crippen LogP contribution in [0.25, 0.3) is 0 Å². The van der Waals surface area contributed by atoms with Gasteiger partial charge in [0, 0.05) is 25.6 Å². The van der Waals surface area contributed by atoms with Gasteiger partial charge in [-0.1, -0.05) is 26.0 Å². The van der Waals surface area contributed by atoms with Crippen molar-refractivity contribution in [1.29, 1.82) is 0 Å². The number of nitrogens with zero attached hydrogens (tertiary/aromatic N) is 1. The number of benzene rings is 1. The van der Waals surface area contributed by atoms with E-state index in [1.165, 1.54) is 11.1 Å². The molecule has 1 aromatic rings. The molecule has 0 unspecified atom stereocenters. The van der Waals surface area contributed by atoms with Gasteiger partial charge in [-0.25, -0.2) is 0 Å². The minimum absolute atomic E-state index is 0.0574. The molecule has 2 fully saturated rings. The minimum atomic E-state index is -0.790. The molecule has 1 saturated heterocycles. The van der Waals surface area contributed by atoms with Crippen molar-refractivity contribution < 1.29 is 28.9 Å². The van der Waals surface area contributed by atoms with Gasteiger partial charge in [0.25, 0.3) is 0 Å². The van der Waals surface area contributed by atoms with Crippen LogP contribution in [0.4, 0.5) is 0 Å². The van der Waals surface area contributed by atoms with Crippen LogP contribution in [0.2, 0.25) is 0 Å². The molecular formula is C30H41NO6. The van der Waals surface area contributed by atoms with E-state index in [0.29, 0.717) is 18.4 Å². The van der Waals surface area contributed by atoms with Crippen LogP contribution in [-0.2, 0) is 20.7 Å². The van der Waals surface area contributed by atoms with Crippen LogP contribution in [-0.4, -0.2) is 55.9 Å². The Labute approximate surface area is 220 Å². The first-order valence-corrected chi connectivity index (χ1v) is 13.8. The molecule has 7 nitrogen and oxygen atoms in total. The summed E-state index contributed by atoms with van der Waals surface area (Å²) in [5, 5.41) is 9.72. The van der Waals surface area contributed by atoms with Crippen molar-refractivity contribution in [3.63, 3.8) is 0 Å². The number of carbonyl (C=O) groups excluding carboxylic acids is 1. The maximum Gasteiger partial charge on any atom is 0.307 e. The average Bonchev–Trinajstić information content (AvgIpc) is 3.48. The molecule has 2 aliphatic heterocycles. The highest BCUT2D eigenvalue weighted by molar-refractivity contribution is 5.75. The molecule has 1 aromatic carbocycles. The number of aliphatic carboxylic acids is 1. The number of carboxylic acids is 1. The van der Waals surface area contributed by atoms with Crippen molar-refractivity contribution in [2.45, 2.75) is 52.0 Å². The van der Waals surface area contributed by atoms with Crippen LogP contribution in [0, 0.1) is 41.4 Å². The van der Waals surface area contributed by atoms with Gasteiger partial charge in [0.1, 0.15) is 0 Å². The van der Waals surface area contributed by atoms with E-state index in [1.54, 1.807) is 14.2 Å². The van der Waals surface area contributed by atoms with Crippen LogP contribution in [0.15, 0.2) is 24.3 Å². The average molecular weight is 512 g/mol. The fraction of sp³-hybridized carbons (Fsp3) is 0.667. The molecule has 5 rings (SSSR count). The topological polar surface area (TPSA) is 85.3 Å². The number of carboxylic acid groups (broad SMARTS) is 1. The molecule has 1 N–H and O–H groups in total. The molecule has 0 aromatic heterocycles. The van der Waals surface area contributed by atoms with Gasteiger partial charge in [-0.2, -0.15) is 0 Å². The van der Waals surface area contributed by atoms with Crippen LogP contribution in [0.3, 0.4) is 0 Å². The lowest BCUT2D eigenvalue weighted by Crippen LogP contribution is -2.47. The number of esters is 1. The van der Waals surface area contributed by atoms with Crippen molar-refractivity contribution in [3.05, 3.63) is 35.4 Å². The van der Waals surface area contributed by atoms with Crippen molar-refractivity contribution in [2.24, 2.45) is 41.4 Å². The van der Waals surface area contributed by atoms with E-state index in [9.17, 15) is 14.7 Å². The Morgan fingerprint density at radius 3 is 2.49 bits per heavy atom. The summed E-state index contributed by atoms with van der Waals surface area (Å²) in [6.45, 7) is 6.93. The number of hydrogen-bond acceptors (Lipinski definition) is 6. The van der Waals surface area contributed by atoms with E-state index in [-0.39, 0.29) is 42.1 Å². The first-order valence-electron chi connectivity index (χ1n) is 13.8. The second-order valence-electron chi connectivity index (χ2n) is 11.9. The standard InChI is InChI=1S/C30H41NO6/c1-17(2)9-21-15-31-8-7-19-12-26(35-3)27(36-4)13-23(19)25(31)11-22(21)16-37-28(32)14-24-18-5-6-20(10-18)29(24)30(33)34/h5-6,12-13,17-18,20-22,24-25,29H,7-11,14-16H2,1-4H3,(H,33,34)/t18-,20+,21-,22+,24-,25-,29+/m1/s1. The summed E-state index contributed by atoms with van der Waals surface area (Å²) in [7, 11) is 3.35. The lowest BCUT2D eigenvalue weighted by molar-refractivity contribution is -0.150. The van der Waals surface area contributed by atoms with Crippen LogP contribution < -0.4 is 9.47 Å². The third kappa shape index (κ3) is 5.12. The zero-order valence-corrected chi connectivity index (χ0v) is 22.5. The zero-order valence-electron chi connectivity index (χ0n) is 22.5. The molecule has 1 saturated carbocycles. The first kappa shape index (κ1) is 26.1. The molecule has 7 atom stereocenters. The lowest BCUT2D eigenvalue weighted by atomic mass is 9.74. The summed E-state index contributed by atoms with van der Waals surface area (Å²) in [6, 6.07) is 4.51. The maximum atomic E-state index is 13.0. The van der Waals surface area contributed by atoms with Gasteiger partial charge in [0.15, 0.2) is 11.5 Å². The quantitative estimate of drug-likeness (QED) is 0.379. The van der Waals surface area contributed by atoms with Crippen LogP contribution in [0.1, 0.15) is 56.7 Å². The smallest absolute Gasteiger partial charge is 0.307 e. The van der Waals surface area contributed by atoms with Crippen molar-refractivity contribution in [1.82, 2.24) is 4.90 Å². The van der Waals surface area contributed by atoms with Gasteiger partial charge in [0.05, 0.1) is 26.7 Å². The maximum absolute atomic E-state index is 13.0. The van der Waals surface area contributed by atoms with Crippen molar-refractivity contribution in [3.8, 4) is 11.5 Å². The van der Waals surface area contributed by atoms with E-state index in [4.69, 9.17) is 14.2 Å². The summed E-state index contributed by atoms with van der Waals surface area (Å²) in [5.41, 5.74) is 2.60. The Bertz CT molecular complexity index is 1050. The SMILES string of the molecule is COc1cc2c(cc1OC)[C@H]1C[C@@H](COC(=O)C[C@H]3[C@@H](C(=O)O)[C@H]4C=C[C@@H]3C4)[C@H](CC(C)C)CN1CC2. The Morgan fingerprint density at radius 1 is 1.05 bits per heavy atom. The summed E-state index contributed by atoms with van der Waals surface area (Å²) < 4.78 is 17.1. The van der Waals surface area contributed by atoms with Gasteiger partial charge in [-0.05, 0) is 84.5 Å². The van der Waals surface area contributed by atoms with Gasteiger partial charge < -0.3 is 19.3 Å². The van der Waals surface area contributed by atoms with E-state index in [2.05, 4.69) is 37.0 Å². The highest BCUT2D eigenvalue weighted by atomic mass is 16.5. The normalized spacial score (nSPS) is 32.2. The molecule has 0 amide bonds. The van der Waals surface area contributed by atoms with E-state index >= 15 is 0 Å². The van der Waals surface area contributed by atoms with Crippen LogP contribution in [0.5, 0.6) is 11.5 Å². The van der Waals surface area contributed by atoms with Gasteiger partial charge in [0.2, 0.25) is 0 Å². The summed E-state index contributed by atoms with van der Waals surface area (Å²) in [5.74, 6) is 1.39. The van der Waals surface area contributed by atoms with E-state index in [0.717, 1.165) is 50.3 Å². The minimum Gasteiger partial charge on any atom is -0.493 e. The number of ether oxygens (including phenoxy) is 3. The molecule has 37 heavy (non-hydrogen) atoms. The fourth-order valence-corrected chi connectivity index (χ4v) is 7.60. The van der Waals surface area contributed by atoms with Gasteiger partial charge in [-0.3, -0.25) is 14.5 Å². The molecule has 0 spiro atoms. The van der Waals surface area contributed by atoms with E-state index < -0.39 is 11.9 Å². The predicted molar refractivity (Wildman–Crippen MR) is 140 cm³/mol. The third-order valence-corrected chi connectivity index (χ3v) is 9.32. The highest BCUT2D eigenvalue weighted by Crippen LogP contribution is 2.50. The Hall–Kier alpha value is -2.54. The number of methoxy groups -OCH3 is 2. The second kappa shape index (κ2) is 10.7. The molecule has 2 heterocycles. The molecule has 7 heteroatoms. The lowest BCUT2D eigenvalue weighted by Gasteiger charge is -2.47. The summed E-state index contributed by atoms with van der Waals surface area (Å²) in [4.78, 5) is 27.4. The first-order chi connectivity index (χ1) is 17.8. The monoisotopic (exact) mass is 511 g/mol. The largest absolute Gasteiger partial charge is 0.493 e. The molecule has 0 radical (unpaired) electrons. The number of carbonyl (C=O) groups is 2. The molecule has 2 aliphatic carbocycles. The Morgan fingerprint density at radius 2 is 1.78 bits per heavy atom. The molecular weight excluding hydrogens is 470 g/mol. The fourth-order valence-electron chi connectivity index (χ4n) is 7.60. The number of hydrogen-bond donors (Lipinski definition) is 1. The zero-order chi connectivity index (χ0) is 26.3. The number of piperidine rings is 1. The van der Waals surface area contributed by atoms with Crippen molar-refractivity contribution in [2.75, 3.05) is 33.9 Å². The van der Waals surface area contributed by atoms with Gasteiger partial charge in [-0.15, -0.1) is 0 Å². The summed E-state index contributed by atoms with van der Waals surface area (Å²) in [6.07, 6.45) is 8.17. The number of rotatable bonds is 9. The van der Waals surface area contributed by atoms with Crippen LogP contribution >= 0.6 is 0 Å². The Balaban J connectivity index is 1.29. The van der Waals surface area contributed by atoms with Gasteiger partial charge >= 0.3 is 11.9 Å². The van der Waals surface area contributed by atoms with Crippen molar-refractivity contribution >= 4 is 11.9 Å². The predicted octanol–water partition coefficient (Wildman–Crippen LogP) is 4.74. The Kier molecular flexibility index (Phi) is 7.53. The van der Waals surface area contributed by atoms with E-state index in [1.807, 2.05) is 6.08 Å². The third-order valence-electron chi connectivity index (χ3n) is 9.32. The molecule has 4 aliphatic rings. The molecule has 202 valence electrons. The number of fused-ring (bicyclic) bond motifs is 5. The summed E-state index contributed by atoms with van der Waals surface area (Å²) >= 11 is 0. The second-order valence-corrected chi connectivity index (χ2v) is 11.9. The number of allylic oxidation sites excluding steroid dienone is 2. The molecule has 2 bridgehead atoms.